The maximum absolute atomic E-state index is 11.9. The van der Waals surface area contributed by atoms with E-state index < -0.39 is 18.5 Å². The smallest absolute Gasteiger partial charge is 0.319 e. The highest BCUT2D eigenvalue weighted by Gasteiger charge is 2.30. The van der Waals surface area contributed by atoms with Gasteiger partial charge in [-0.15, -0.1) is 12.3 Å². The summed E-state index contributed by atoms with van der Waals surface area (Å²) in [4.78, 5) is 0. The van der Waals surface area contributed by atoms with Gasteiger partial charge in [0.15, 0.2) is 0 Å². The molecule has 0 aliphatic heterocycles. The van der Waals surface area contributed by atoms with Crippen molar-refractivity contribution in [3.63, 3.8) is 0 Å². The topological polar surface area (TPSA) is 12.0 Å². The van der Waals surface area contributed by atoms with Crippen molar-refractivity contribution in [3.8, 4) is 12.3 Å². The zero-order valence-corrected chi connectivity index (χ0v) is 6.91. The molecule has 0 aromatic heterocycles. The lowest BCUT2D eigenvalue weighted by Gasteiger charge is -2.15. The van der Waals surface area contributed by atoms with E-state index in [1.54, 1.807) is 7.05 Å². The molecule has 0 aromatic rings. The third-order valence-electron chi connectivity index (χ3n) is 1.42. The van der Waals surface area contributed by atoms with Crippen LogP contribution in [0.3, 0.4) is 0 Å². The van der Waals surface area contributed by atoms with Gasteiger partial charge in [0, 0.05) is 12.8 Å². The van der Waals surface area contributed by atoms with Crippen LogP contribution < -0.4 is 5.32 Å². The molecule has 0 spiro atoms. The lowest BCUT2D eigenvalue weighted by molar-refractivity contribution is -0.143. The van der Waals surface area contributed by atoms with E-state index in [4.69, 9.17) is 6.42 Å². The maximum Gasteiger partial charge on any atom is 0.389 e. The Hall–Kier alpha value is -0.690. The van der Waals surface area contributed by atoms with Gasteiger partial charge in [-0.05, 0) is 19.5 Å². The number of rotatable bonds is 4. The van der Waals surface area contributed by atoms with Crippen LogP contribution in [0, 0.1) is 18.3 Å². The number of hydrogen-bond donors (Lipinski definition) is 1. The molecule has 0 rings (SSSR count). The van der Waals surface area contributed by atoms with Crippen LogP contribution >= 0.6 is 0 Å². The molecule has 12 heavy (non-hydrogen) atoms. The molecule has 0 saturated heterocycles. The Bertz CT molecular complexity index is 157. The highest BCUT2D eigenvalue weighted by Crippen LogP contribution is 2.25. The first-order valence-corrected chi connectivity index (χ1v) is 3.64. The molecule has 0 fully saturated rings. The molecular weight excluding hydrogens is 167 g/mol. The number of alkyl halides is 3. The van der Waals surface area contributed by atoms with Gasteiger partial charge in [0.2, 0.25) is 0 Å². The zero-order chi connectivity index (χ0) is 9.61. The van der Waals surface area contributed by atoms with E-state index >= 15 is 0 Å². The molecule has 0 amide bonds. The Balaban J connectivity index is 3.88. The minimum Gasteiger partial charge on any atom is -0.319 e. The normalized spacial score (nSPS) is 13.9. The maximum atomic E-state index is 11.9. The molecule has 1 nitrogen and oxygen atoms in total. The molecule has 70 valence electrons. The third-order valence-corrected chi connectivity index (χ3v) is 1.42. The molecule has 0 aliphatic carbocycles. The predicted molar refractivity (Wildman–Crippen MR) is 41.5 cm³/mol. The van der Waals surface area contributed by atoms with Crippen LogP contribution in [0.25, 0.3) is 0 Å². The molecule has 0 aliphatic rings. The fourth-order valence-corrected chi connectivity index (χ4v) is 0.999. The number of halogens is 3. The van der Waals surface area contributed by atoms with Crippen molar-refractivity contribution in [3.05, 3.63) is 0 Å². The van der Waals surface area contributed by atoms with Gasteiger partial charge in [-0.1, -0.05) is 0 Å². The molecule has 1 N–H and O–H groups in total. The van der Waals surface area contributed by atoms with Crippen molar-refractivity contribution in [2.75, 3.05) is 13.6 Å². The van der Waals surface area contributed by atoms with Crippen molar-refractivity contribution >= 4 is 0 Å². The fourth-order valence-electron chi connectivity index (χ4n) is 0.999. The highest BCUT2D eigenvalue weighted by molar-refractivity contribution is 4.88. The summed E-state index contributed by atoms with van der Waals surface area (Å²) in [5.74, 6) is 1.74. The lowest BCUT2D eigenvalue weighted by atomic mass is 10.0. The largest absolute Gasteiger partial charge is 0.389 e. The van der Waals surface area contributed by atoms with Crippen LogP contribution in [0.4, 0.5) is 13.2 Å². The average molecular weight is 179 g/mol. The van der Waals surface area contributed by atoms with Gasteiger partial charge in [-0.25, -0.2) is 0 Å². The summed E-state index contributed by atoms with van der Waals surface area (Å²) in [7, 11) is 1.61. The van der Waals surface area contributed by atoms with Gasteiger partial charge in [0.1, 0.15) is 0 Å². The second-order valence-electron chi connectivity index (χ2n) is 2.65. The van der Waals surface area contributed by atoms with Gasteiger partial charge < -0.3 is 5.32 Å². The summed E-state index contributed by atoms with van der Waals surface area (Å²) in [5.41, 5.74) is 0. The average Bonchev–Trinajstić information content (AvgIpc) is 1.84. The van der Waals surface area contributed by atoms with Crippen LogP contribution in [0.1, 0.15) is 12.8 Å². The van der Waals surface area contributed by atoms with Crippen LogP contribution in [0.2, 0.25) is 0 Å². The van der Waals surface area contributed by atoms with E-state index in [0.717, 1.165) is 0 Å². The molecule has 1 unspecified atom stereocenters. The van der Waals surface area contributed by atoms with Gasteiger partial charge in [-0.2, -0.15) is 13.2 Å². The first kappa shape index (κ1) is 11.3. The number of terminal acetylenes is 1. The molecule has 1 atom stereocenters. The van der Waals surface area contributed by atoms with Crippen molar-refractivity contribution < 1.29 is 13.2 Å². The molecule has 0 aromatic carbocycles. The Morgan fingerprint density at radius 3 is 2.42 bits per heavy atom. The molecular formula is C8H12F3N. The summed E-state index contributed by atoms with van der Waals surface area (Å²) in [6.07, 6.45) is 0.180. The lowest BCUT2D eigenvalue weighted by Crippen LogP contribution is -2.24. The second-order valence-corrected chi connectivity index (χ2v) is 2.65. The van der Waals surface area contributed by atoms with E-state index in [9.17, 15) is 13.2 Å². The highest BCUT2D eigenvalue weighted by atomic mass is 19.4. The first-order chi connectivity index (χ1) is 5.49. The number of hydrogen-bond acceptors (Lipinski definition) is 1. The van der Waals surface area contributed by atoms with Gasteiger partial charge >= 0.3 is 6.18 Å². The third kappa shape index (κ3) is 6.05. The number of nitrogens with one attached hydrogen (secondary N) is 1. The van der Waals surface area contributed by atoms with Gasteiger partial charge in [0.05, 0.1) is 0 Å². The molecule has 0 radical (unpaired) electrons. The van der Waals surface area contributed by atoms with E-state index in [0.29, 0.717) is 6.54 Å². The summed E-state index contributed by atoms with van der Waals surface area (Å²) in [6.45, 7) is 0.309. The van der Waals surface area contributed by atoms with Crippen molar-refractivity contribution in [2.45, 2.75) is 19.0 Å². The van der Waals surface area contributed by atoms with Gasteiger partial charge in [0.25, 0.3) is 0 Å². The SMILES string of the molecule is C#CCC(CNC)CC(F)(F)F. The Kier molecular flexibility index (Phi) is 4.75. The summed E-state index contributed by atoms with van der Waals surface area (Å²) in [5, 5.41) is 2.68. The van der Waals surface area contributed by atoms with E-state index in [1.165, 1.54) is 0 Å². The van der Waals surface area contributed by atoms with Crippen molar-refractivity contribution in [2.24, 2.45) is 5.92 Å². The standard InChI is InChI=1S/C8H12F3N/c1-3-4-7(6-12-2)5-8(9,10)11/h1,7,12H,4-6H2,2H3. The predicted octanol–water partition coefficient (Wildman–Crippen LogP) is 1.80. The Morgan fingerprint density at radius 2 is 2.08 bits per heavy atom. The minimum absolute atomic E-state index is 0.167. The van der Waals surface area contributed by atoms with Crippen molar-refractivity contribution in [1.82, 2.24) is 5.32 Å². The Morgan fingerprint density at radius 1 is 1.50 bits per heavy atom. The van der Waals surface area contributed by atoms with Crippen LogP contribution in [-0.4, -0.2) is 19.8 Å². The van der Waals surface area contributed by atoms with Crippen LogP contribution in [0.5, 0.6) is 0 Å². The first-order valence-electron chi connectivity index (χ1n) is 3.64. The molecule has 4 heteroatoms. The summed E-state index contributed by atoms with van der Waals surface area (Å²) < 4.78 is 35.6. The van der Waals surface area contributed by atoms with Crippen LogP contribution in [-0.2, 0) is 0 Å². The fraction of sp³-hybridized carbons (Fsp3) is 0.750. The molecule has 0 heterocycles. The van der Waals surface area contributed by atoms with E-state index in [1.807, 2.05) is 0 Å². The zero-order valence-electron chi connectivity index (χ0n) is 6.91. The monoisotopic (exact) mass is 179 g/mol. The van der Waals surface area contributed by atoms with Gasteiger partial charge in [-0.3, -0.25) is 0 Å². The van der Waals surface area contributed by atoms with Crippen molar-refractivity contribution in [1.29, 1.82) is 0 Å². The molecule has 0 saturated carbocycles. The summed E-state index contributed by atoms with van der Waals surface area (Å²) in [6, 6.07) is 0. The quantitative estimate of drug-likeness (QED) is 0.649. The van der Waals surface area contributed by atoms with E-state index in [2.05, 4.69) is 11.2 Å². The molecule has 0 bridgehead atoms. The van der Waals surface area contributed by atoms with E-state index in [-0.39, 0.29) is 6.42 Å². The summed E-state index contributed by atoms with van der Waals surface area (Å²) >= 11 is 0. The Labute approximate surface area is 70.3 Å². The van der Waals surface area contributed by atoms with Crippen LogP contribution in [0.15, 0.2) is 0 Å². The second kappa shape index (κ2) is 5.04. The minimum atomic E-state index is -4.11.